The van der Waals surface area contributed by atoms with Crippen molar-refractivity contribution in [3.8, 4) is 0 Å². The van der Waals surface area contributed by atoms with E-state index < -0.39 is 0 Å². The number of nitrogens with zero attached hydrogens (tertiary/aromatic N) is 3. The van der Waals surface area contributed by atoms with Crippen LogP contribution in [0.3, 0.4) is 0 Å². The van der Waals surface area contributed by atoms with Gasteiger partial charge in [-0.1, -0.05) is 43.0 Å². The fourth-order valence-electron chi connectivity index (χ4n) is 4.96. The van der Waals surface area contributed by atoms with Gasteiger partial charge in [0.25, 0.3) is 5.91 Å². The third kappa shape index (κ3) is 4.70. The van der Waals surface area contributed by atoms with Crippen molar-refractivity contribution < 1.29 is 4.79 Å². The molecule has 1 aliphatic heterocycles. The minimum Gasteiger partial charge on any atom is -0.365 e. The molecule has 2 aliphatic carbocycles. The number of carbonyl (C=O) groups excluding carboxylic acids is 1. The second kappa shape index (κ2) is 8.89. The number of carbonyl (C=O) groups is 1. The van der Waals surface area contributed by atoms with Gasteiger partial charge in [0.1, 0.15) is 11.4 Å². The van der Waals surface area contributed by atoms with Crippen LogP contribution in [0.15, 0.2) is 24.4 Å². The molecule has 1 spiro atoms. The summed E-state index contributed by atoms with van der Waals surface area (Å²) < 4.78 is 0. The molecule has 5 rings (SSSR count). The van der Waals surface area contributed by atoms with Crippen LogP contribution in [-0.2, 0) is 6.54 Å². The summed E-state index contributed by atoms with van der Waals surface area (Å²) in [6.07, 6.45) is 11.2. The number of anilines is 2. The van der Waals surface area contributed by atoms with E-state index in [2.05, 4.69) is 26.6 Å². The van der Waals surface area contributed by atoms with Crippen LogP contribution in [0.25, 0.3) is 0 Å². The van der Waals surface area contributed by atoms with Crippen molar-refractivity contribution in [1.29, 1.82) is 0 Å². The van der Waals surface area contributed by atoms with Crippen molar-refractivity contribution >= 4 is 29.3 Å². The van der Waals surface area contributed by atoms with E-state index in [-0.39, 0.29) is 11.9 Å². The fourth-order valence-corrected chi connectivity index (χ4v) is 5.16. The zero-order valence-corrected chi connectivity index (χ0v) is 19.5. The van der Waals surface area contributed by atoms with Crippen molar-refractivity contribution in [2.24, 2.45) is 5.41 Å². The number of rotatable bonds is 6. The number of nitrogens with one attached hydrogen (secondary N) is 2. The van der Waals surface area contributed by atoms with Crippen LogP contribution < -0.4 is 15.5 Å². The molecule has 1 saturated heterocycles. The quantitative estimate of drug-likeness (QED) is 0.636. The average Bonchev–Trinajstić information content (AvgIpc) is 3.43. The first-order valence-corrected chi connectivity index (χ1v) is 12.3. The third-order valence-corrected chi connectivity index (χ3v) is 7.74. The van der Waals surface area contributed by atoms with Crippen molar-refractivity contribution in [2.45, 2.75) is 70.9 Å². The zero-order valence-electron chi connectivity index (χ0n) is 18.8. The van der Waals surface area contributed by atoms with Crippen LogP contribution in [-0.4, -0.2) is 35.0 Å². The lowest BCUT2D eigenvalue weighted by atomic mass is 9.95. The van der Waals surface area contributed by atoms with Gasteiger partial charge >= 0.3 is 0 Å². The average molecular weight is 454 g/mol. The first-order valence-electron chi connectivity index (χ1n) is 11.9. The highest BCUT2D eigenvalue weighted by atomic mass is 35.5. The lowest BCUT2D eigenvalue weighted by Gasteiger charge is -2.23. The Hall–Kier alpha value is -2.34. The maximum Gasteiger partial charge on any atom is 0.256 e. The van der Waals surface area contributed by atoms with Gasteiger partial charge < -0.3 is 15.5 Å². The molecule has 3 aliphatic rings. The predicted molar refractivity (Wildman–Crippen MR) is 128 cm³/mol. The third-order valence-electron chi connectivity index (χ3n) is 7.34. The highest BCUT2D eigenvalue weighted by Gasteiger charge is 2.48. The van der Waals surface area contributed by atoms with E-state index in [1.165, 1.54) is 38.5 Å². The Labute approximate surface area is 195 Å². The summed E-state index contributed by atoms with van der Waals surface area (Å²) in [5.74, 6) is 1.22. The largest absolute Gasteiger partial charge is 0.365 e. The smallest absolute Gasteiger partial charge is 0.256 e. The van der Waals surface area contributed by atoms with Gasteiger partial charge in [0, 0.05) is 36.9 Å². The highest BCUT2D eigenvalue weighted by Crippen LogP contribution is 2.53. The molecule has 2 aromatic rings. The number of aromatic nitrogens is 2. The molecule has 0 unspecified atom stereocenters. The molecule has 2 N–H and O–H groups in total. The lowest BCUT2D eigenvalue weighted by molar-refractivity contribution is 0.0928. The number of amides is 1. The van der Waals surface area contributed by atoms with Gasteiger partial charge in [-0.05, 0) is 61.6 Å². The number of halogens is 1. The predicted octanol–water partition coefficient (Wildman–Crippen LogP) is 5.10. The Bertz CT molecular complexity index is 1000. The maximum absolute atomic E-state index is 13.1. The molecule has 1 aromatic heterocycles. The van der Waals surface area contributed by atoms with Crippen molar-refractivity contribution in [1.82, 2.24) is 15.3 Å². The second-order valence-corrected chi connectivity index (χ2v) is 10.3. The zero-order chi connectivity index (χ0) is 22.1. The van der Waals surface area contributed by atoms with E-state index in [1.54, 1.807) is 6.20 Å². The van der Waals surface area contributed by atoms with Crippen molar-refractivity contribution in [3.05, 3.63) is 46.1 Å². The second-order valence-electron chi connectivity index (χ2n) is 9.85. The lowest BCUT2D eigenvalue weighted by Crippen LogP contribution is -2.36. The summed E-state index contributed by atoms with van der Waals surface area (Å²) in [4.78, 5) is 24.8. The Balaban J connectivity index is 1.36. The fraction of sp³-hybridized carbons (Fsp3) is 0.560. The maximum atomic E-state index is 13.1. The summed E-state index contributed by atoms with van der Waals surface area (Å²) >= 11 is 6.31. The van der Waals surface area contributed by atoms with Gasteiger partial charge in [0.15, 0.2) is 0 Å². The molecule has 0 atom stereocenters. The Morgan fingerprint density at radius 2 is 2.03 bits per heavy atom. The number of benzene rings is 1. The molecule has 2 saturated carbocycles. The molecule has 170 valence electrons. The number of hydrogen-bond donors (Lipinski definition) is 2. The molecule has 6 nitrogen and oxygen atoms in total. The molecule has 7 heteroatoms. The van der Waals surface area contributed by atoms with Gasteiger partial charge in [-0.15, -0.1) is 0 Å². The summed E-state index contributed by atoms with van der Waals surface area (Å²) in [6.45, 7) is 4.55. The van der Waals surface area contributed by atoms with Crippen molar-refractivity contribution in [3.63, 3.8) is 0 Å². The number of hydrogen-bond acceptors (Lipinski definition) is 5. The molecule has 1 amide bonds. The molecule has 0 radical (unpaired) electrons. The Morgan fingerprint density at radius 3 is 2.75 bits per heavy atom. The number of aryl methyl sites for hydroxylation is 1. The van der Waals surface area contributed by atoms with Crippen LogP contribution in [0.1, 0.15) is 72.9 Å². The van der Waals surface area contributed by atoms with Crippen LogP contribution in [0, 0.1) is 12.3 Å². The van der Waals surface area contributed by atoms with Crippen LogP contribution in [0.5, 0.6) is 0 Å². The van der Waals surface area contributed by atoms with E-state index in [4.69, 9.17) is 16.6 Å². The Kier molecular flexibility index (Phi) is 5.97. The van der Waals surface area contributed by atoms with E-state index in [9.17, 15) is 4.79 Å². The van der Waals surface area contributed by atoms with E-state index in [0.717, 1.165) is 42.1 Å². The Morgan fingerprint density at radius 1 is 1.22 bits per heavy atom. The minimum atomic E-state index is -0.0898. The van der Waals surface area contributed by atoms with Crippen molar-refractivity contribution in [2.75, 3.05) is 23.3 Å². The molecule has 1 aromatic carbocycles. The highest BCUT2D eigenvalue weighted by molar-refractivity contribution is 6.31. The molecule has 2 heterocycles. The molecule has 3 fully saturated rings. The topological polar surface area (TPSA) is 70.2 Å². The monoisotopic (exact) mass is 453 g/mol. The molecular weight excluding hydrogens is 422 g/mol. The first-order chi connectivity index (χ1) is 15.5. The van der Waals surface area contributed by atoms with Gasteiger partial charge in [0.2, 0.25) is 5.95 Å². The molecule has 32 heavy (non-hydrogen) atoms. The van der Waals surface area contributed by atoms with Gasteiger partial charge in [-0.2, -0.15) is 4.98 Å². The van der Waals surface area contributed by atoms with Crippen LogP contribution in [0.4, 0.5) is 11.8 Å². The van der Waals surface area contributed by atoms with Crippen LogP contribution in [0.2, 0.25) is 5.02 Å². The summed E-state index contributed by atoms with van der Waals surface area (Å²) in [5, 5.41) is 7.35. The molecule has 0 bridgehead atoms. The summed E-state index contributed by atoms with van der Waals surface area (Å²) in [6, 6.07) is 6.27. The minimum absolute atomic E-state index is 0.0898. The first kappa shape index (κ1) is 21.5. The van der Waals surface area contributed by atoms with Gasteiger partial charge in [0.05, 0.1) is 0 Å². The standard InChI is InChI=1S/C25H32ClN5O/c1-17-7-8-18(13-21(17)26)14-27-22-20(23(32)29-19-5-3-2-4-6-19)15-28-24(30-22)31-12-11-25(16-31)9-10-25/h7-8,13,15,19H,2-6,9-12,14,16H2,1H3,(H,29,32)(H,27,28,30). The normalized spacial score (nSPS) is 19.9. The van der Waals surface area contributed by atoms with E-state index >= 15 is 0 Å². The molecular formula is C25H32ClN5O. The van der Waals surface area contributed by atoms with E-state index in [1.807, 2.05) is 19.1 Å². The van der Waals surface area contributed by atoms with E-state index in [0.29, 0.717) is 29.3 Å². The summed E-state index contributed by atoms with van der Waals surface area (Å²) in [5.41, 5.74) is 3.11. The van der Waals surface area contributed by atoms with Gasteiger partial charge in [-0.3, -0.25) is 4.79 Å². The summed E-state index contributed by atoms with van der Waals surface area (Å²) in [7, 11) is 0. The van der Waals surface area contributed by atoms with Crippen LogP contribution >= 0.6 is 11.6 Å². The SMILES string of the molecule is Cc1ccc(CNc2nc(N3CCC4(CC4)C3)ncc2C(=O)NC2CCCCC2)cc1Cl. The van der Waals surface area contributed by atoms with Gasteiger partial charge in [-0.25, -0.2) is 4.98 Å².